The Morgan fingerprint density at radius 2 is 1.98 bits per heavy atom. The highest BCUT2D eigenvalue weighted by Gasteiger charge is 2.30. The van der Waals surface area contributed by atoms with E-state index in [1.54, 1.807) is 6.08 Å². The van der Waals surface area contributed by atoms with Crippen LogP contribution in [0.1, 0.15) is 36.0 Å². The number of likely N-dealkylation sites (tertiary alicyclic amines) is 1. The molecule has 4 heterocycles. The van der Waals surface area contributed by atoms with E-state index in [1.807, 2.05) is 42.1 Å². The Kier molecular flexibility index (Phi) is 6.98. The molecule has 218 valence electrons. The molecule has 1 saturated carbocycles. The van der Waals surface area contributed by atoms with Gasteiger partial charge in [0, 0.05) is 54.8 Å². The molecule has 0 spiro atoms. The van der Waals surface area contributed by atoms with Crippen LogP contribution in [-0.2, 0) is 17.9 Å². The van der Waals surface area contributed by atoms with Crippen LogP contribution in [-0.4, -0.2) is 82.1 Å². The quantitative estimate of drug-likeness (QED) is 0.322. The summed E-state index contributed by atoms with van der Waals surface area (Å²) >= 11 is 0. The number of amides is 2. The molecular formula is C33H38N6O3. The third-order valence-electron chi connectivity index (χ3n) is 8.60. The van der Waals surface area contributed by atoms with Crippen molar-refractivity contribution in [1.82, 2.24) is 29.2 Å². The minimum atomic E-state index is -0.118. The van der Waals surface area contributed by atoms with Gasteiger partial charge < -0.3 is 29.0 Å². The molecule has 1 N–H and O–H groups in total. The highest BCUT2D eigenvalue weighted by Crippen LogP contribution is 2.39. The largest absolute Gasteiger partial charge is 0.489 e. The number of hydrogen-bond donors (Lipinski definition) is 1. The Labute approximate surface area is 245 Å². The average molecular weight is 567 g/mol. The summed E-state index contributed by atoms with van der Waals surface area (Å²) in [7, 11) is 3.92. The van der Waals surface area contributed by atoms with Gasteiger partial charge in [-0.05, 0) is 70.0 Å². The van der Waals surface area contributed by atoms with Gasteiger partial charge in [-0.25, -0.2) is 4.98 Å². The lowest BCUT2D eigenvalue weighted by atomic mass is 10.0. The van der Waals surface area contributed by atoms with Crippen LogP contribution in [0, 0.1) is 5.92 Å². The number of carbonyl (C=O) groups excluding carboxylic acids is 2. The highest BCUT2D eigenvalue weighted by atomic mass is 16.5. The highest BCUT2D eigenvalue weighted by molar-refractivity contribution is 6.00. The molecule has 0 bridgehead atoms. The van der Waals surface area contributed by atoms with Crippen LogP contribution in [0.15, 0.2) is 54.6 Å². The molecule has 9 heteroatoms. The molecule has 2 aliphatic heterocycles. The maximum Gasteiger partial charge on any atom is 0.254 e. The second-order valence-electron chi connectivity index (χ2n) is 12.2. The predicted molar refractivity (Wildman–Crippen MR) is 164 cm³/mol. The van der Waals surface area contributed by atoms with Gasteiger partial charge >= 0.3 is 0 Å². The molecular weight excluding hydrogens is 528 g/mol. The maximum absolute atomic E-state index is 13.8. The Bertz CT molecular complexity index is 1690. The van der Waals surface area contributed by atoms with Crippen molar-refractivity contribution in [2.75, 3.05) is 40.3 Å². The zero-order valence-corrected chi connectivity index (χ0v) is 24.4. The molecule has 2 aromatic heterocycles. The summed E-state index contributed by atoms with van der Waals surface area (Å²) in [6, 6.07) is 14.5. The molecule has 2 fully saturated rings. The second-order valence-corrected chi connectivity index (χ2v) is 12.2. The summed E-state index contributed by atoms with van der Waals surface area (Å²) in [4.78, 5) is 35.2. The van der Waals surface area contributed by atoms with Crippen molar-refractivity contribution in [1.29, 1.82) is 0 Å². The summed E-state index contributed by atoms with van der Waals surface area (Å²) < 4.78 is 10.8. The summed E-state index contributed by atoms with van der Waals surface area (Å²) in [6.45, 7) is 4.10. The van der Waals surface area contributed by atoms with Crippen molar-refractivity contribution in [2.24, 2.45) is 5.92 Å². The Hall–Kier alpha value is -4.11. The number of benzene rings is 2. The summed E-state index contributed by atoms with van der Waals surface area (Å²) in [6.07, 6.45) is 7.68. The smallest absolute Gasteiger partial charge is 0.254 e. The van der Waals surface area contributed by atoms with Crippen LogP contribution in [0.3, 0.4) is 0 Å². The fraction of sp³-hybridized carbons (Fsp3) is 0.424. The predicted octanol–water partition coefficient (Wildman–Crippen LogP) is 4.30. The van der Waals surface area contributed by atoms with Gasteiger partial charge in [-0.3, -0.25) is 9.59 Å². The van der Waals surface area contributed by atoms with Gasteiger partial charge in [-0.2, -0.15) is 0 Å². The average Bonchev–Trinajstić information content (AvgIpc) is 3.63. The Balaban J connectivity index is 1.17. The number of imidazole rings is 1. The number of fused-ring (bicyclic) bond motifs is 1. The van der Waals surface area contributed by atoms with Gasteiger partial charge in [0.1, 0.15) is 17.9 Å². The zero-order valence-electron chi connectivity index (χ0n) is 24.4. The molecule has 42 heavy (non-hydrogen) atoms. The van der Waals surface area contributed by atoms with Crippen LogP contribution in [0.4, 0.5) is 0 Å². The van der Waals surface area contributed by atoms with E-state index in [0.29, 0.717) is 44.1 Å². The molecule has 4 aromatic rings. The number of para-hydroxylation sites is 1. The minimum absolute atomic E-state index is 0.0524. The molecule has 2 amide bonds. The zero-order chi connectivity index (χ0) is 28.8. The summed E-state index contributed by atoms with van der Waals surface area (Å²) in [5, 5.41) is 4.29. The van der Waals surface area contributed by atoms with Gasteiger partial charge in [0.15, 0.2) is 5.82 Å². The van der Waals surface area contributed by atoms with E-state index < -0.39 is 0 Å². The lowest BCUT2D eigenvalue weighted by molar-refractivity contribution is -0.117. The lowest BCUT2D eigenvalue weighted by Gasteiger charge is -2.33. The van der Waals surface area contributed by atoms with Crippen molar-refractivity contribution in [3.8, 4) is 17.3 Å². The van der Waals surface area contributed by atoms with E-state index >= 15 is 0 Å². The van der Waals surface area contributed by atoms with Crippen molar-refractivity contribution in [2.45, 2.75) is 44.8 Å². The van der Waals surface area contributed by atoms with E-state index in [2.05, 4.69) is 44.8 Å². The maximum atomic E-state index is 13.8. The first-order valence-corrected chi connectivity index (χ1v) is 15.1. The number of ether oxygens (including phenoxy) is 1. The fourth-order valence-corrected chi connectivity index (χ4v) is 6.36. The topological polar surface area (TPSA) is 84.6 Å². The molecule has 9 nitrogen and oxygen atoms in total. The summed E-state index contributed by atoms with van der Waals surface area (Å²) in [5.74, 6) is 2.19. The number of nitrogens with zero attached hydrogens (tertiary/aromatic N) is 5. The number of aromatic nitrogens is 3. The van der Waals surface area contributed by atoms with Crippen LogP contribution >= 0.6 is 0 Å². The van der Waals surface area contributed by atoms with Crippen LogP contribution in [0.2, 0.25) is 0 Å². The molecule has 7 rings (SSSR count). The molecule has 2 aromatic carbocycles. The van der Waals surface area contributed by atoms with E-state index in [-0.39, 0.29) is 17.9 Å². The van der Waals surface area contributed by atoms with Crippen molar-refractivity contribution in [3.63, 3.8) is 0 Å². The minimum Gasteiger partial charge on any atom is -0.489 e. The molecule has 1 aliphatic carbocycles. The standard InChI is InChI=1S/C33H38N6O3/c1-36(2)13-6-10-30(40)34-25-8-5-14-37(21-25)33(41)24-17-26-31-29(19-24)42-16-15-38(31)32(35-26)28-18-23-7-3-4-9-27(23)39(28)20-22-11-12-22/h3-4,6-7,9-10,17-19,22,25H,5,8,11-16,20-21H2,1-2H3,(H,34,40)/b10-6+/t25-/m1/s1. The van der Waals surface area contributed by atoms with Crippen LogP contribution < -0.4 is 10.1 Å². The van der Waals surface area contributed by atoms with Crippen LogP contribution in [0.25, 0.3) is 33.5 Å². The first kappa shape index (κ1) is 26.8. The number of rotatable bonds is 8. The summed E-state index contributed by atoms with van der Waals surface area (Å²) in [5.41, 5.74) is 4.66. The van der Waals surface area contributed by atoms with Gasteiger partial charge in [0.25, 0.3) is 5.91 Å². The molecule has 3 aliphatic rings. The number of piperidine rings is 1. The van der Waals surface area contributed by atoms with Crippen molar-refractivity contribution >= 4 is 33.8 Å². The fourth-order valence-electron chi connectivity index (χ4n) is 6.36. The van der Waals surface area contributed by atoms with E-state index in [0.717, 1.165) is 47.9 Å². The number of nitrogens with one attached hydrogen (secondary N) is 1. The van der Waals surface area contributed by atoms with E-state index in [4.69, 9.17) is 9.72 Å². The third kappa shape index (κ3) is 5.17. The van der Waals surface area contributed by atoms with Crippen LogP contribution in [0.5, 0.6) is 5.75 Å². The molecule has 0 radical (unpaired) electrons. The number of hydrogen-bond acceptors (Lipinski definition) is 5. The molecule has 1 saturated heterocycles. The van der Waals surface area contributed by atoms with Gasteiger partial charge in [-0.15, -0.1) is 0 Å². The molecule has 0 unspecified atom stereocenters. The van der Waals surface area contributed by atoms with Gasteiger partial charge in [-0.1, -0.05) is 24.3 Å². The Morgan fingerprint density at radius 1 is 1.12 bits per heavy atom. The second kappa shape index (κ2) is 10.9. The number of likely N-dealkylation sites (N-methyl/N-ethyl adjacent to an activating group) is 1. The first-order valence-electron chi connectivity index (χ1n) is 15.1. The monoisotopic (exact) mass is 566 g/mol. The van der Waals surface area contributed by atoms with Gasteiger partial charge in [0.05, 0.1) is 17.8 Å². The third-order valence-corrected chi connectivity index (χ3v) is 8.60. The van der Waals surface area contributed by atoms with E-state index in [1.165, 1.54) is 23.7 Å². The normalized spacial score (nSPS) is 18.7. The van der Waals surface area contributed by atoms with Crippen molar-refractivity contribution < 1.29 is 14.3 Å². The van der Waals surface area contributed by atoms with Gasteiger partial charge in [0.2, 0.25) is 5.91 Å². The number of carbonyl (C=O) groups is 2. The first-order chi connectivity index (χ1) is 20.4. The molecule has 1 atom stereocenters. The van der Waals surface area contributed by atoms with E-state index in [9.17, 15) is 9.59 Å². The SMILES string of the molecule is CN(C)C/C=C/C(=O)N[C@@H]1CCCN(C(=O)c2cc3c4c(c2)nc(-c2cc5ccccc5n2CC2CC2)n4CCO3)C1. The lowest BCUT2D eigenvalue weighted by Crippen LogP contribution is -2.49. The Morgan fingerprint density at radius 3 is 2.81 bits per heavy atom. The van der Waals surface area contributed by atoms with Crippen molar-refractivity contribution in [3.05, 3.63) is 60.2 Å².